The molecule has 0 aromatic rings. The van der Waals surface area contributed by atoms with E-state index in [4.69, 9.17) is 19.3 Å². The van der Waals surface area contributed by atoms with E-state index >= 15 is 0 Å². The first kappa shape index (κ1) is 17.9. The average molecular weight is 326 g/mol. The Kier molecular flexibility index (Phi) is 5.72. The maximum atomic E-state index is 9.93. The van der Waals surface area contributed by atoms with Gasteiger partial charge in [-0.1, -0.05) is 0 Å². The lowest BCUT2D eigenvalue weighted by atomic mass is 9.97. The molecule has 0 bridgehead atoms. The van der Waals surface area contributed by atoms with Crippen molar-refractivity contribution < 1.29 is 50.0 Å². The minimum Gasteiger partial charge on any atom is -0.394 e. The van der Waals surface area contributed by atoms with Crippen LogP contribution < -0.4 is 0 Å². The highest BCUT2D eigenvalue weighted by Crippen LogP contribution is 2.28. The molecule has 2 fully saturated rings. The van der Waals surface area contributed by atoms with Gasteiger partial charge in [0.1, 0.15) is 42.7 Å². The van der Waals surface area contributed by atoms with Gasteiger partial charge in [0.15, 0.2) is 12.6 Å². The van der Waals surface area contributed by atoms with Crippen LogP contribution in [0.15, 0.2) is 0 Å². The maximum absolute atomic E-state index is 9.93. The Hall–Kier alpha value is -0.400. The number of aliphatic hydroxyl groups is 7. The third kappa shape index (κ3) is 3.26. The van der Waals surface area contributed by atoms with E-state index in [-0.39, 0.29) is 0 Å². The van der Waals surface area contributed by atoms with E-state index in [1.807, 2.05) is 0 Å². The number of hydrogen-bond donors (Lipinski definition) is 7. The molecule has 10 atom stereocenters. The van der Waals surface area contributed by atoms with Crippen molar-refractivity contribution >= 4 is 0 Å². The van der Waals surface area contributed by atoms with E-state index in [0.29, 0.717) is 0 Å². The van der Waals surface area contributed by atoms with E-state index in [1.165, 1.54) is 6.92 Å². The summed E-state index contributed by atoms with van der Waals surface area (Å²) in [7, 11) is 0. The first-order chi connectivity index (χ1) is 10.3. The Balaban J connectivity index is 2.06. The van der Waals surface area contributed by atoms with E-state index < -0.39 is 68.0 Å². The van der Waals surface area contributed by atoms with Crippen molar-refractivity contribution in [1.29, 1.82) is 0 Å². The van der Waals surface area contributed by atoms with Crippen LogP contribution >= 0.6 is 0 Å². The maximum Gasteiger partial charge on any atom is 0.187 e. The number of hydrogen-bond acceptors (Lipinski definition) is 10. The van der Waals surface area contributed by atoms with Crippen LogP contribution in [0.25, 0.3) is 0 Å². The summed E-state index contributed by atoms with van der Waals surface area (Å²) in [6.45, 7) is 0.823. The van der Waals surface area contributed by atoms with E-state index in [0.717, 1.165) is 0 Å². The molecule has 10 heteroatoms. The summed E-state index contributed by atoms with van der Waals surface area (Å²) < 4.78 is 15.3. The zero-order chi connectivity index (χ0) is 16.6. The summed E-state index contributed by atoms with van der Waals surface area (Å²) in [5.41, 5.74) is 0. The monoisotopic (exact) mass is 326 g/mol. The van der Waals surface area contributed by atoms with Crippen LogP contribution in [0.4, 0.5) is 0 Å². The summed E-state index contributed by atoms with van der Waals surface area (Å²) in [5, 5.41) is 67.5. The zero-order valence-electron chi connectivity index (χ0n) is 11.8. The van der Waals surface area contributed by atoms with Gasteiger partial charge in [0.05, 0.1) is 12.7 Å². The second-order valence-corrected chi connectivity index (χ2v) is 5.51. The number of rotatable bonds is 3. The normalized spacial score (nSPS) is 53.5. The molecule has 0 unspecified atom stereocenters. The van der Waals surface area contributed by atoms with Gasteiger partial charge in [0, 0.05) is 0 Å². The van der Waals surface area contributed by atoms with Crippen LogP contribution in [0.5, 0.6) is 0 Å². The smallest absolute Gasteiger partial charge is 0.187 e. The quantitative estimate of drug-likeness (QED) is 0.269. The molecule has 130 valence electrons. The van der Waals surface area contributed by atoms with Crippen molar-refractivity contribution in [3.63, 3.8) is 0 Å². The van der Waals surface area contributed by atoms with Crippen molar-refractivity contribution in [2.45, 2.75) is 68.3 Å². The zero-order valence-corrected chi connectivity index (χ0v) is 11.8. The van der Waals surface area contributed by atoms with Crippen molar-refractivity contribution in [3.05, 3.63) is 0 Å². The highest BCUT2D eigenvalue weighted by molar-refractivity contribution is 4.92. The highest BCUT2D eigenvalue weighted by atomic mass is 16.7. The Morgan fingerprint density at radius 2 is 1.45 bits per heavy atom. The Morgan fingerprint density at radius 1 is 0.818 bits per heavy atom. The summed E-state index contributed by atoms with van der Waals surface area (Å²) in [4.78, 5) is 0. The predicted octanol–water partition coefficient (Wildman–Crippen LogP) is -4.37. The second kappa shape index (κ2) is 7.01. The van der Waals surface area contributed by atoms with Crippen LogP contribution in [0.2, 0.25) is 0 Å². The molecule has 0 saturated carbocycles. The van der Waals surface area contributed by atoms with Gasteiger partial charge in [-0.2, -0.15) is 0 Å². The summed E-state index contributed by atoms with van der Waals surface area (Å²) in [6.07, 6.45) is -14.3. The molecule has 0 aliphatic carbocycles. The number of ether oxygens (including phenoxy) is 3. The molecule has 0 spiro atoms. The third-order valence-corrected chi connectivity index (χ3v) is 3.94. The van der Waals surface area contributed by atoms with Gasteiger partial charge in [-0.15, -0.1) is 0 Å². The topological polar surface area (TPSA) is 169 Å². The molecule has 0 amide bonds. The fraction of sp³-hybridized carbons (Fsp3) is 1.00. The average Bonchev–Trinajstić information content (AvgIpc) is 2.49. The predicted molar refractivity (Wildman–Crippen MR) is 67.2 cm³/mol. The first-order valence-electron chi connectivity index (χ1n) is 6.93. The standard InChI is InChI=1S/C12H22O10/c1-3-5(14)7(16)9(18)12(20-3)22-10-8(17)6(15)4(2-13)21-11(10)19/h3-19H,2H2,1H3/t3-,4-,5+,6-,7-,8-,9-,10+,11+,12-/m0/s1. The van der Waals surface area contributed by atoms with Gasteiger partial charge in [-0.3, -0.25) is 0 Å². The largest absolute Gasteiger partial charge is 0.394 e. The van der Waals surface area contributed by atoms with E-state index in [2.05, 4.69) is 0 Å². The second-order valence-electron chi connectivity index (χ2n) is 5.51. The fourth-order valence-electron chi connectivity index (χ4n) is 2.50. The molecule has 2 aliphatic rings. The lowest BCUT2D eigenvalue weighted by Crippen LogP contribution is -2.63. The highest BCUT2D eigenvalue weighted by Gasteiger charge is 2.49. The molecule has 10 nitrogen and oxygen atoms in total. The lowest BCUT2D eigenvalue weighted by Gasteiger charge is -2.44. The first-order valence-corrected chi connectivity index (χ1v) is 6.93. The molecule has 22 heavy (non-hydrogen) atoms. The van der Waals surface area contributed by atoms with Gasteiger partial charge < -0.3 is 50.0 Å². The van der Waals surface area contributed by atoms with Gasteiger partial charge in [0.25, 0.3) is 0 Å². The van der Waals surface area contributed by atoms with Crippen molar-refractivity contribution in [2.24, 2.45) is 0 Å². The Morgan fingerprint density at radius 3 is 2.05 bits per heavy atom. The number of aliphatic hydroxyl groups excluding tert-OH is 7. The van der Waals surface area contributed by atoms with Gasteiger partial charge in [0.2, 0.25) is 0 Å². The summed E-state index contributed by atoms with van der Waals surface area (Å²) >= 11 is 0. The summed E-state index contributed by atoms with van der Waals surface area (Å²) in [6, 6.07) is 0. The van der Waals surface area contributed by atoms with Crippen LogP contribution in [0.3, 0.4) is 0 Å². The van der Waals surface area contributed by atoms with Crippen LogP contribution in [-0.2, 0) is 14.2 Å². The third-order valence-electron chi connectivity index (χ3n) is 3.94. The molecule has 7 N–H and O–H groups in total. The van der Waals surface area contributed by atoms with Crippen molar-refractivity contribution in [3.8, 4) is 0 Å². The van der Waals surface area contributed by atoms with Gasteiger partial charge in [-0.25, -0.2) is 0 Å². The molecular formula is C12H22O10. The molecule has 0 aromatic heterocycles. The van der Waals surface area contributed by atoms with E-state index in [1.54, 1.807) is 0 Å². The van der Waals surface area contributed by atoms with Gasteiger partial charge in [-0.05, 0) is 6.92 Å². The minimum absolute atomic E-state index is 0.619. The molecule has 0 aromatic carbocycles. The van der Waals surface area contributed by atoms with Crippen LogP contribution in [0.1, 0.15) is 6.92 Å². The molecule has 2 rings (SSSR count). The van der Waals surface area contributed by atoms with Crippen LogP contribution in [0, 0.1) is 0 Å². The fourth-order valence-corrected chi connectivity index (χ4v) is 2.50. The Labute approximate surface area is 126 Å². The van der Waals surface area contributed by atoms with Crippen LogP contribution in [-0.4, -0.2) is 104 Å². The molecule has 0 radical (unpaired) electrons. The summed E-state index contributed by atoms with van der Waals surface area (Å²) in [5.74, 6) is 0. The van der Waals surface area contributed by atoms with E-state index in [9.17, 15) is 30.6 Å². The molecule has 2 aliphatic heterocycles. The Bertz CT molecular complexity index is 368. The lowest BCUT2D eigenvalue weighted by molar-refractivity contribution is -0.358. The molecular weight excluding hydrogens is 304 g/mol. The SMILES string of the molecule is C[C@@H]1O[C@@H](O[C@@H]2[C@@H](O)[C@@H](O)[C@H](CO)O[C@H]2O)[C@@H](O)[C@@H](O)[C@@H]1O. The van der Waals surface area contributed by atoms with Gasteiger partial charge >= 0.3 is 0 Å². The minimum atomic E-state index is -1.69. The molecule has 2 heterocycles. The van der Waals surface area contributed by atoms with Crippen molar-refractivity contribution in [1.82, 2.24) is 0 Å². The van der Waals surface area contributed by atoms with Crippen molar-refractivity contribution in [2.75, 3.05) is 6.61 Å². The molecule has 2 saturated heterocycles.